The highest BCUT2D eigenvalue weighted by atomic mass is 14.5. The van der Waals surface area contributed by atoms with Crippen LogP contribution in [0.25, 0.3) is 66.4 Å². The molecule has 4 aliphatic carbocycles. The zero-order valence-electron chi connectivity index (χ0n) is 55.5. The van der Waals surface area contributed by atoms with Gasteiger partial charge in [-0.25, -0.2) is 0 Å². The highest BCUT2D eigenvalue weighted by molar-refractivity contribution is 5.99. The Morgan fingerprint density at radius 1 is 0.417 bits per heavy atom. The maximum Gasteiger partial charge on any atom is 0.0713 e. The quantitative estimate of drug-likeness (QED) is 0.0952. The summed E-state index contributed by atoms with van der Waals surface area (Å²) in [5.74, 6) is 0. The lowest BCUT2D eigenvalue weighted by Crippen LogP contribution is -2.29. The predicted octanol–water partition coefficient (Wildman–Crippen LogP) is 23.9. The zero-order valence-corrected chi connectivity index (χ0v) is 55.5. The number of hydrogen-bond acceptors (Lipinski definition) is 0. The molecule has 0 nitrogen and oxygen atoms in total. The van der Waals surface area contributed by atoms with Crippen LogP contribution in [0.4, 0.5) is 0 Å². The molecule has 0 N–H and O–H groups in total. The van der Waals surface area contributed by atoms with E-state index < -0.39 is 16.2 Å². The van der Waals surface area contributed by atoms with E-state index in [0.717, 1.165) is 24.8 Å². The van der Waals surface area contributed by atoms with Crippen LogP contribution in [0.2, 0.25) is 0 Å². The predicted molar refractivity (Wildman–Crippen MR) is 403 cm³/mol. The minimum atomic E-state index is -0.595. The summed E-state index contributed by atoms with van der Waals surface area (Å²) in [4.78, 5) is 0. The Hall–Kier alpha value is -10.9. The van der Waals surface area contributed by atoms with Gasteiger partial charge in [-0.15, -0.1) is 0 Å². The molecule has 0 saturated heterocycles. The molecule has 13 aromatic rings. The SMILES string of the molecule is C=CC=C(C)C1(C(=C)C=CC)c2cc(C)ccc2-c2c(-c3cccc(C4(c5ccccc5)c5ccccc5-c5cc(Cc6ccc(C7(c8ccccc8)c8ccccc8-c8c(CCC9(C)c%10cc(C)ccc%10-c%10ccc%11ccccc%11c%109)cccc87)cc6)ccc54)c3)cccc21. The average Bonchev–Trinajstić information content (AvgIpc) is 1.55. The van der Waals surface area contributed by atoms with E-state index in [4.69, 9.17) is 6.58 Å². The van der Waals surface area contributed by atoms with Gasteiger partial charge in [-0.3, -0.25) is 0 Å². The molecule has 0 saturated carbocycles. The molecule has 4 aliphatic rings. The van der Waals surface area contributed by atoms with Crippen LogP contribution in [0.1, 0.15) is 122 Å². The third kappa shape index (κ3) is 8.40. The first kappa shape index (κ1) is 58.9. The van der Waals surface area contributed by atoms with Crippen molar-refractivity contribution >= 4 is 10.8 Å². The molecular weight excluding hydrogens is 1150 g/mol. The van der Waals surface area contributed by atoms with Crippen molar-refractivity contribution in [1.29, 1.82) is 0 Å². The summed E-state index contributed by atoms with van der Waals surface area (Å²) in [6.07, 6.45) is 11.1. The molecule has 0 heteroatoms. The summed E-state index contributed by atoms with van der Waals surface area (Å²) in [6.45, 7) is 20.3. The van der Waals surface area contributed by atoms with Gasteiger partial charge in [0.2, 0.25) is 0 Å². The summed E-state index contributed by atoms with van der Waals surface area (Å²) in [7, 11) is 0. The van der Waals surface area contributed by atoms with Gasteiger partial charge in [0.1, 0.15) is 0 Å². The van der Waals surface area contributed by atoms with E-state index in [9.17, 15) is 0 Å². The first-order valence-corrected chi connectivity index (χ1v) is 34.3. The van der Waals surface area contributed by atoms with E-state index in [1.165, 1.54) is 167 Å². The van der Waals surface area contributed by atoms with E-state index in [0.29, 0.717) is 0 Å². The minimum absolute atomic E-state index is 0.178. The maximum atomic E-state index is 4.83. The third-order valence-corrected chi connectivity index (χ3v) is 22.6. The van der Waals surface area contributed by atoms with Crippen LogP contribution in [0.15, 0.2) is 334 Å². The van der Waals surface area contributed by atoms with Crippen molar-refractivity contribution in [2.45, 2.75) is 75.5 Å². The lowest BCUT2D eigenvalue weighted by Gasteiger charge is -2.35. The average molecular weight is 1230 g/mol. The fraction of sp³-hybridized carbons (Fsp3) is 0.125. The standard InChI is InChI=1S/C96H76/c1-8-25-64(5)94(65(6)26-9-2)87-42-24-38-75(91(87)81-52-44-63(4)58-89(81)94)70-29-22-34-74(61-70)96(72-32-14-11-15-33-72)83-39-20-18-36-77(83)82-60-67(47-54-85(82)96)59-66-45-49-73(50-46-66)95(71-30-12-10-13-31-71)84-40-21-19-37-80(84)90-69(28-23-41-86(90)95)55-56-93(7)88-57-62(3)43-51-78(88)79-53-48-68-27-16-17-35-76(68)92(79)93/h8-54,57-58,60-61H,1,6,55-56,59H2,2-5,7H3. The van der Waals surface area contributed by atoms with Gasteiger partial charge in [0.25, 0.3) is 0 Å². The maximum absolute atomic E-state index is 4.83. The van der Waals surface area contributed by atoms with Crippen LogP contribution in [0, 0.1) is 13.8 Å². The topological polar surface area (TPSA) is 0 Å². The van der Waals surface area contributed by atoms with Crippen molar-refractivity contribution in [3.05, 3.63) is 428 Å². The van der Waals surface area contributed by atoms with E-state index in [-0.39, 0.29) is 5.41 Å². The molecule has 0 amide bonds. The lowest BCUT2D eigenvalue weighted by atomic mass is 9.66. The second-order valence-electron chi connectivity index (χ2n) is 27.7. The number of rotatable bonds is 14. The minimum Gasteiger partial charge on any atom is -0.0991 e. The molecule has 0 radical (unpaired) electrons. The second kappa shape index (κ2) is 22.6. The molecule has 13 aromatic carbocycles. The molecule has 0 aromatic heterocycles. The fourth-order valence-corrected chi connectivity index (χ4v) is 18.6. The molecule has 17 rings (SSSR count). The fourth-order valence-electron chi connectivity index (χ4n) is 18.6. The number of allylic oxidation sites excluding steroid dienone is 6. The molecule has 460 valence electrons. The van der Waals surface area contributed by atoms with E-state index >= 15 is 0 Å². The van der Waals surface area contributed by atoms with Gasteiger partial charge in [-0.1, -0.05) is 340 Å². The Morgan fingerprint density at radius 2 is 0.969 bits per heavy atom. The smallest absolute Gasteiger partial charge is 0.0713 e. The van der Waals surface area contributed by atoms with Gasteiger partial charge in [0, 0.05) is 5.41 Å². The summed E-state index contributed by atoms with van der Waals surface area (Å²) in [5.41, 5.74) is 35.6. The van der Waals surface area contributed by atoms with E-state index in [1.807, 2.05) is 6.08 Å². The van der Waals surface area contributed by atoms with Crippen LogP contribution in [-0.2, 0) is 34.5 Å². The number of benzene rings is 13. The zero-order chi connectivity index (χ0) is 65.1. The Morgan fingerprint density at radius 3 is 1.72 bits per heavy atom. The molecule has 4 unspecified atom stereocenters. The Bertz CT molecular complexity index is 5420. The molecule has 4 atom stereocenters. The largest absolute Gasteiger partial charge is 0.0991 e. The van der Waals surface area contributed by atoms with Crippen molar-refractivity contribution < 1.29 is 0 Å². The molecule has 0 heterocycles. The Balaban J connectivity index is 0.750. The van der Waals surface area contributed by atoms with Gasteiger partial charge >= 0.3 is 0 Å². The van der Waals surface area contributed by atoms with Gasteiger partial charge in [0.15, 0.2) is 0 Å². The van der Waals surface area contributed by atoms with Crippen LogP contribution in [-0.4, -0.2) is 0 Å². The van der Waals surface area contributed by atoms with Crippen LogP contribution in [0.5, 0.6) is 0 Å². The van der Waals surface area contributed by atoms with Gasteiger partial charge in [-0.2, -0.15) is 0 Å². The first-order valence-electron chi connectivity index (χ1n) is 34.3. The summed E-state index contributed by atoms with van der Waals surface area (Å²) < 4.78 is 0. The van der Waals surface area contributed by atoms with Gasteiger partial charge in [-0.05, 0) is 208 Å². The van der Waals surface area contributed by atoms with Crippen molar-refractivity contribution in [2.75, 3.05) is 0 Å². The third-order valence-electron chi connectivity index (χ3n) is 22.6. The number of aryl methyl sites for hydroxylation is 3. The van der Waals surface area contributed by atoms with Gasteiger partial charge < -0.3 is 0 Å². The highest BCUT2D eigenvalue weighted by Gasteiger charge is 2.51. The number of hydrogen-bond donors (Lipinski definition) is 0. The number of fused-ring (bicyclic) bond motifs is 14. The molecule has 0 fully saturated rings. The van der Waals surface area contributed by atoms with Crippen molar-refractivity contribution in [3.63, 3.8) is 0 Å². The van der Waals surface area contributed by atoms with Crippen LogP contribution >= 0.6 is 0 Å². The molecule has 0 bridgehead atoms. The summed E-state index contributed by atoms with van der Waals surface area (Å²) in [5, 5.41) is 2.67. The molecular formula is C96H76. The normalized spacial score (nSPS) is 19.1. The van der Waals surface area contributed by atoms with Crippen molar-refractivity contribution in [1.82, 2.24) is 0 Å². The molecule has 0 aliphatic heterocycles. The summed E-state index contributed by atoms with van der Waals surface area (Å²) >= 11 is 0. The van der Waals surface area contributed by atoms with Gasteiger partial charge in [0.05, 0.1) is 16.2 Å². The van der Waals surface area contributed by atoms with E-state index in [1.54, 1.807) is 0 Å². The van der Waals surface area contributed by atoms with Crippen LogP contribution < -0.4 is 0 Å². The monoisotopic (exact) mass is 1230 g/mol. The molecule has 96 heavy (non-hydrogen) atoms. The van der Waals surface area contributed by atoms with Crippen LogP contribution in [0.3, 0.4) is 0 Å². The summed E-state index contributed by atoms with van der Waals surface area (Å²) in [6, 6.07) is 109. The Kier molecular flexibility index (Phi) is 13.9. The lowest BCUT2D eigenvalue weighted by molar-refractivity contribution is 0.536. The molecule has 0 spiro atoms. The Labute approximate surface area is 566 Å². The first-order chi connectivity index (χ1) is 47.0. The van der Waals surface area contributed by atoms with Crippen molar-refractivity contribution in [2.24, 2.45) is 0 Å². The second-order valence-corrected chi connectivity index (χ2v) is 27.7. The van der Waals surface area contributed by atoms with Crippen molar-refractivity contribution in [3.8, 4) is 55.6 Å². The highest BCUT2D eigenvalue weighted by Crippen LogP contribution is 2.62. The van der Waals surface area contributed by atoms with E-state index in [2.05, 4.69) is 345 Å².